The van der Waals surface area contributed by atoms with Gasteiger partial charge in [-0.15, -0.1) is 0 Å². The average molecular weight is 273 g/mol. The quantitative estimate of drug-likeness (QED) is 0.680. The Hall–Kier alpha value is -1.60. The van der Waals surface area contributed by atoms with Crippen LogP contribution in [-0.2, 0) is 0 Å². The zero-order valence-electron chi connectivity index (χ0n) is 14.0. The molecule has 0 bridgehead atoms. The molecule has 1 atom stereocenters. The molecule has 0 amide bonds. The zero-order chi connectivity index (χ0) is 15.8. The Morgan fingerprint density at radius 2 is 1.65 bits per heavy atom. The summed E-state index contributed by atoms with van der Waals surface area (Å²) in [5, 5.41) is 3.30. The number of likely N-dealkylation sites (N-methyl/N-ethyl adjacent to an activating group) is 1. The topological polar surface area (TPSA) is 12.0 Å². The van der Waals surface area contributed by atoms with Gasteiger partial charge in [0, 0.05) is 0 Å². The van der Waals surface area contributed by atoms with Crippen molar-refractivity contribution < 1.29 is 0 Å². The van der Waals surface area contributed by atoms with E-state index in [1.165, 1.54) is 11.1 Å². The number of rotatable bonds is 5. The maximum absolute atomic E-state index is 3.87. The van der Waals surface area contributed by atoms with E-state index in [4.69, 9.17) is 0 Å². The summed E-state index contributed by atoms with van der Waals surface area (Å²) in [7, 11) is 1.96. The number of allylic oxidation sites excluding steroid dienone is 3. The van der Waals surface area contributed by atoms with E-state index in [-0.39, 0.29) is 6.04 Å². The highest BCUT2D eigenvalue weighted by molar-refractivity contribution is 5.35. The molecule has 1 nitrogen and oxygen atoms in total. The van der Waals surface area contributed by atoms with Gasteiger partial charge >= 0.3 is 0 Å². The van der Waals surface area contributed by atoms with Crippen molar-refractivity contribution in [3.63, 3.8) is 0 Å². The van der Waals surface area contributed by atoms with Crippen LogP contribution in [0.1, 0.15) is 46.2 Å². The van der Waals surface area contributed by atoms with E-state index in [9.17, 15) is 0 Å². The fourth-order valence-corrected chi connectivity index (χ4v) is 1.66. The van der Waals surface area contributed by atoms with Gasteiger partial charge in [0.15, 0.2) is 0 Å². The summed E-state index contributed by atoms with van der Waals surface area (Å²) in [6.07, 6.45) is 8.03. The second-order valence-electron chi connectivity index (χ2n) is 3.53. The van der Waals surface area contributed by atoms with E-state index in [2.05, 4.69) is 42.2 Å². The second kappa shape index (κ2) is 15.5. The van der Waals surface area contributed by atoms with E-state index in [0.717, 1.165) is 0 Å². The SMILES string of the molecule is C=C/C(=C\C=C/C)C(NC)c1ccccc1.CC.CC. The summed E-state index contributed by atoms with van der Waals surface area (Å²) in [5.41, 5.74) is 2.42. The lowest BCUT2D eigenvalue weighted by molar-refractivity contribution is 0.691. The molecular formula is C19H31N. The predicted molar refractivity (Wildman–Crippen MR) is 94.0 cm³/mol. The molecule has 0 spiro atoms. The highest BCUT2D eigenvalue weighted by atomic mass is 14.9. The van der Waals surface area contributed by atoms with Crippen molar-refractivity contribution in [2.24, 2.45) is 0 Å². The summed E-state index contributed by atoms with van der Waals surface area (Å²) in [6, 6.07) is 10.6. The maximum atomic E-state index is 3.87. The zero-order valence-corrected chi connectivity index (χ0v) is 14.0. The Kier molecular flexibility index (Phi) is 16.0. The minimum absolute atomic E-state index is 0.204. The highest BCUT2D eigenvalue weighted by Crippen LogP contribution is 2.21. The molecule has 1 aromatic rings. The molecule has 0 heterocycles. The van der Waals surface area contributed by atoms with Crippen LogP contribution in [0.2, 0.25) is 0 Å². The van der Waals surface area contributed by atoms with Gasteiger partial charge in [0.2, 0.25) is 0 Å². The summed E-state index contributed by atoms with van der Waals surface area (Å²) in [5.74, 6) is 0. The lowest BCUT2D eigenvalue weighted by atomic mass is 9.98. The monoisotopic (exact) mass is 273 g/mol. The molecule has 20 heavy (non-hydrogen) atoms. The van der Waals surface area contributed by atoms with Crippen molar-refractivity contribution in [3.8, 4) is 0 Å². The molecule has 0 aliphatic carbocycles. The van der Waals surface area contributed by atoms with E-state index in [1.807, 2.05) is 66.0 Å². The molecule has 0 saturated carbocycles. The van der Waals surface area contributed by atoms with Crippen molar-refractivity contribution in [2.75, 3.05) is 7.05 Å². The van der Waals surface area contributed by atoms with Crippen molar-refractivity contribution in [3.05, 3.63) is 72.4 Å². The summed E-state index contributed by atoms with van der Waals surface area (Å²) in [6.45, 7) is 13.9. The molecule has 1 unspecified atom stereocenters. The van der Waals surface area contributed by atoms with Gasteiger partial charge in [-0.1, -0.05) is 88.9 Å². The van der Waals surface area contributed by atoms with Crippen LogP contribution in [-0.4, -0.2) is 7.05 Å². The molecule has 0 radical (unpaired) electrons. The highest BCUT2D eigenvalue weighted by Gasteiger charge is 2.10. The molecule has 1 N–H and O–H groups in total. The van der Waals surface area contributed by atoms with Gasteiger partial charge in [-0.25, -0.2) is 0 Å². The molecule has 1 rings (SSSR count). The number of nitrogens with one attached hydrogen (secondary N) is 1. The van der Waals surface area contributed by atoms with Gasteiger partial charge in [-0.2, -0.15) is 0 Å². The van der Waals surface area contributed by atoms with Crippen molar-refractivity contribution in [1.82, 2.24) is 5.32 Å². The van der Waals surface area contributed by atoms with Gasteiger partial charge < -0.3 is 5.32 Å². The molecule has 0 aromatic heterocycles. The van der Waals surface area contributed by atoms with Gasteiger partial charge in [-0.05, 0) is 25.1 Å². The Labute approximate surface area is 126 Å². The number of benzene rings is 1. The van der Waals surface area contributed by atoms with Gasteiger partial charge in [0.25, 0.3) is 0 Å². The lowest BCUT2D eigenvalue weighted by Crippen LogP contribution is -2.17. The standard InChI is InChI=1S/C15H19N.2C2H6/c1-4-6-10-13(5-2)15(16-3)14-11-8-7-9-12-14;2*1-2/h4-12,15-16H,2H2,1,3H3;2*1-2H3/b6-4-,13-10+;;. The van der Waals surface area contributed by atoms with E-state index in [1.54, 1.807) is 0 Å². The van der Waals surface area contributed by atoms with Crippen molar-refractivity contribution in [2.45, 2.75) is 40.7 Å². The fraction of sp³-hybridized carbons (Fsp3) is 0.368. The van der Waals surface area contributed by atoms with Crippen LogP contribution in [0.4, 0.5) is 0 Å². The first-order valence-electron chi connectivity index (χ1n) is 7.51. The molecule has 1 aromatic carbocycles. The summed E-state index contributed by atoms with van der Waals surface area (Å²) >= 11 is 0. The van der Waals surface area contributed by atoms with Crippen LogP contribution >= 0.6 is 0 Å². The van der Waals surface area contributed by atoms with Crippen LogP contribution in [0.3, 0.4) is 0 Å². The van der Waals surface area contributed by atoms with Crippen molar-refractivity contribution >= 4 is 0 Å². The lowest BCUT2D eigenvalue weighted by Gasteiger charge is -2.17. The Bertz CT molecular complexity index is 374. The Morgan fingerprint density at radius 1 is 1.10 bits per heavy atom. The van der Waals surface area contributed by atoms with Crippen molar-refractivity contribution in [1.29, 1.82) is 0 Å². The fourth-order valence-electron chi connectivity index (χ4n) is 1.66. The predicted octanol–water partition coefficient (Wildman–Crippen LogP) is 5.69. The first kappa shape index (κ1) is 20.7. The van der Waals surface area contributed by atoms with Gasteiger partial charge in [-0.3, -0.25) is 0 Å². The Balaban J connectivity index is 0. The third-order valence-corrected chi connectivity index (χ3v) is 2.47. The summed E-state index contributed by atoms with van der Waals surface area (Å²) < 4.78 is 0. The van der Waals surface area contributed by atoms with Crippen LogP contribution in [0.25, 0.3) is 0 Å². The number of hydrogen-bond donors (Lipinski definition) is 1. The smallest absolute Gasteiger partial charge is 0.0574 e. The molecule has 0 fully saturated rings. The number of hydrogen-bond acceptors (Lipinski definition) is 1. The first-order chi connectivity index (χ1) is 9.83. The largest absolute Gasteiger partial charge is 0.309 e. The second-order valence-corrected chi connectivity index (χ2v) is 3.53. The minimum Gasteiger partial charge on any atom is -0.309 e. The minimum atomic E-state index is 0.204. The molecular weight excluding hydrogens is 242 g/mol. The molecule has 0 saturated heterocycles. The van der Waals surface area contributed by atoms with Crippen LogP contribution in [0.5, 0.6) is 0 Å². The van der Waals surface area contributed by atoms with E-state index >= 15 is 0 Å². The summed E-state index contributed by atoms with van der Waals surface area (Å²) in [4.78, 5) is 0. The van der Waals surface area contributed by atoms with Crippen LogP contribution < -0.4 is 5.32 Å². The third-order valence-electron chi connectivity index (χ3n) is 2.47. The first-order valence-corrected chi connectivity index (χ1v) is 7.51. The molecule has 0 aliphatic heterocycles. The molecule has 112 valence electrons. The van der Waals surface area contributed by atoms with Gasteiger partial charge in [0.1, 0.15) is 0 Å². The van der Waals surface area contributed by atoms with Gasteiger partial charge in [0.05, 0.1) is 6.04 Å². The molecule has 1 heteroatoms. The molecule has 0 aliphatic rings. The third kappa shape index (κ3) is 7.75. The maximum Gasteiger partial charge on any atom is 0.0574 e. The Morgan fingerprint density at radius 3 is 2.05 bits per heavy atom. The average Bonchev–Trinajstić information content (AvgIpc) is 2.56. The van der Waals surface area contributed by atoms with E-state index < -0.39 is 0 Å². The van der Waals surface area contributed by atoms with Crippen LogP contribution in [0, 0.1) is 0 Å². The van der Waals surface area contributed by atoms with Crippen LogP contribution in [0.15, 0.2) is 66.8 Å². The van der Waals surface area contributed by atoms with E-state index in [0.29, 0.717) is 0 Å². The normalized spacial score (nSPS) is 11.8.